The third-order valence-electron chi connectivity index (χ3n) is 2.28. The summed E-state index contributed by atoms with van der Waals surface area (Å²) in [6.45, 7) is 2.87. The molecule has 2 aromatic heterocycles. The predicted molar refractivity (Wildman–Crippen MR) is 62.8 cm³/mol. The number of methoxy groups -OCH3 is 1. The summed E-state index contributed by atoms with van der Waals surface area (Å²) in [4.78, 5) is 0. The maximum absolute atomic E-state index is 5.60. The highest BCUT2D eigenvalue weighted by molar-refractivity contribution is 7.13. The van der Waals surface area contributed by atoms with Crippen molar-refractivity contribution in [1.29, 1.82) is 0 Å². The van der Waals surface area contributed by atoms with E-state index in [9.17, 15) is 0 Å². The molecule has 8 heteroatoms. The second-order valence-electron chi connectivity index (χ2n) is 3.36. The highest BCUT2D eigenvalue weighted by Gasteiger charge is 2.14. The summed E-state index contributed by atoms with van der Waals surface area (Å²) in [6.07, 6.45) is 0.804. The van der Waals surface area contributed by atoms with E-state index in [-0.39, 0.29) is 0 Å². The van der Waals surface area contributed by atoms with Crippen LogP contribution in [0.1, 0.15) is 23.3 Å². The van der Waals surface area contributed by atoms with Crippen LogP contribution in [0.4, 0.5) is 0 Å². The molecule has 17 heavy (non-hydrogen) atoms. The van der Waals surface area contributed by atoms with Gasteiger partial charge in [0.05, 0.1) is 11.4 Å². The number of hydrogen-bond donors (Lipinski definition) is 1. The van der Waals surface area contributed by atoms with Crippen molar-refractivity contribution in [3.05, 3.63) is 16.4 Å². The van der Waals surface area contributed by atoms with Crippen molar-refractivity contribution in [2.75, 3.05) is 7.11 Å². The number of hydrogen-bond acceptors (Lipinski definition) is 7. The highest BCUT2D eigenvalue weighted by atomic mass is 32.1. The molecule has 0 amide bonds. The van der Waals surface area contributed by atoms with Gasteiger partial charge in [0.15, 0.2) is 0 Å². The third kappa shape index (κ3) is 2.33. The molecule has 0 aliphatic carbocycles. The fourth-order valence-electron chi connectivity index (χ4n) is 1.51. The summed E-state index contributed by atoms with van der Waals surface area (Å²) in [5, 5.41) is 17.7. The first-order valence-corrected chi connectivity index (χ1v) is 6.07. The van der Waals surface area contributed by atoms with Gasteiger partial charge in [0.1, 0.15) is 11.6 Å². The van der Waals surface area contributed by atoms with Crippen LogP contribution in [0, 0.1) is 0 Å². The third-order valence-corrected chi connectivity index (χ3v) is 3.15. The topological polar surface area (TPSA) is 91.7 Å². The van der Waals surface area contributed by atoms with Crippen LogP contribution in [0.5, 0.6) is 0 Å². The van der Waals surface area contributed by atoms with Gasteiger partial charge in [0.25, 0.3) is 0 Å². The summed E-state index contributed by atoms with van der Waals surface area (Å²) in [5.74, 6) is 0. The van der Waals surface area contributed by atoms with Crippen LogP contribution >= 0.6 is 11.3 Å². The molecule has 0 saturated heterocycles. The van der Waals surface area contributed by atoms with Crippen molar-refractivity contribution in [2.24, 2.45) is 5.73 Å². The molecule has 0 saturated carbocycles. The monoisotopic (exact) mass is 254 g/mol. The van der Waals surface area contributed by atoms with E-state index < -0.39 is 0 Å². The molecule has 2 aromatic rings. The zero-order chi connectivity index (χ0) is 12.3. The molecule has 92 valence electrons. The largest absolute Gasteiger partial charge is 0.377 e. The van der Waals surface area contributed by atoms with E-state index in [0.717, 1.165) is 22.8 Å². The number of nitrogens with zero attached hydrogens (tertiary/aromatic N) is 5. The Kier molecular flexibility index (Phi) is 3.77. The van der Waals surface area contributed by atoms with Crippen molar-refractivity contribution < 1.29 is 4.74 Å². The van der Waals surface area contributed by atoms with Crippen LogP contribution in [-0.2, 0) is 24.3 Å². The van der Waals surface area contributed by atoms with Gasteiger partial charge in [0, 0.05) is 13.7 Å². The van der Waals surface area contributed by atoms with E-state index in [1.54, 1.807) is 11.8 Å². The molecule has 2 N–H and O–H groups in total. The number of rotatable bonds is 5. The fraction of sp³-hybridized carbons (Fsp3) is 0.556. The molecule has 0 radical (unpaired) electrons. The lowest BCUT2D eigenvalue weighted by Gasteiger charge is -1.99. The number of aromatic nitrogens is 5. The summed E-state index contributed by atoms with van der Waals surface area (Å²) in [6, 6.07) is 0. The average Bonchev–Trinajstić information content (AvgIpc) is 2.94. The van der Waals surface area contributed by atoms with Gasteiger partial charge in [-0.3, -0.25) is 0 Å². The Hall–Kier alpha value is -1.38. The first kappa shape index (κ1) is 12.1. The number of ether oxygens (including phenoxy) is 1. The van der Waals surface area contributed by atoms with E-state index in [0.29, 0.717) is 18.3 Å². The summed E-state index contributed by atoms with van der Waals surface area (Å²) >= 11 is 1.44. The Balaban J connectivity index is 2.34. The number of nitrogens with two attached hydrogens (primary N) is 1. The minimum Gasteiger partial charge on any atom is -0.377 e. The van der Waals surface area contributed by atoms with Gasteiger partial charge in [-0.05, 0) is 6.42 Å². The molecular weight excluding hydrogens is 240 g/mol. The zero-order valence-corrected chi connectivity index (χ0v) is 10.6. The van der Waals surface area contributed by atoms with E-state index in [1.165, 1.54) is 11.3 Å². The summed E-state index contributed by atoms with van der Waals surface area (Å²) < 4.78 is 6.70. The van der Waals surface area contributed by atoms with E-state index in [1.807, 2.05) is 6.92 Å². The Morgan fingerprint density at radius 3 is 2.82 bits per heavy atom. The van der Waals surface area contributed by atoms with Crippen molar-refractivity contribution in [2.45, 2.75) is 26.5 Å². The van der Waals surface area contributed by atoms with E-state index >= 15 is 0 Å². The standard InChI is InChI=1S/C9H14N6OS/c1-3-7-6(4-10)11-14-15(7)9-13-12-8(17-9)5-16-2/h3-5,10H2,1-2H3. The van der Waals surface area contributed by atoms with Crippen molar-refractivity contribution >= 4 is 11.3 Å². The maximum Gasteiger partial charge on any atom is 0.234 e. The van der Waals surface area contributed by atoms with Gasteiger partial charge in [-0.1, -0.05) is 23.5 Å². The zero-order valence-electron chi connectivity index (χ0n) is 9.75. The molecule has 0 bridgehead atoms. The Morgan fingerprint density at radius 2 is 2.18 bits per heavy atom. The van der Waals surface area contributed by atoms with Crippen LogP contribution in [-0.4, -0.2) is 32.3 Å². The predicted octanol–water partition coefficient (Wildman–Crippen LogP) is 0.286. The fourth-order valence-corrected chi connectivity index (χ4v) is 2.29. The molecule has 0 aromatic carbocycles. The van der Waals surface area contributed by atoms with Crippen LogP contribution in [0.25, 0.3) is 5.13 Å². The lowest BCUT2D eigenvalue weighted by Crippen LogP contribution is -2.04. The Labute approximate surface area is 103 Å². The molecule has 0 aliphatic heterocycles. The molecule has 0 unspecified atom stereocenters. The normalized spacial score (nSPS) is 11.0. The lowest BCUT2D eigenvalue weighted by molar-refractivity contribution is 0.184. The van der Waals surface area contributed by atoms with Crippen LogP contribution in [0.3, 0.4) is 0 Å². The molecule has 0 spiro atoms. The van der Waals surface area contributed by atoms with Gasteiger partial charge in [-0.15, -0.1) is 15.3 Å². The average molecular weight is 254 g/mol. The van der Waals surface area contributed by atoms with Gasteiger partial charge < -0.3 is 10.5 Å². The molecule has 0 atom stereocenters. The summed E-state index contributed by atoms with van der Waals surface area (Å²) in [5.41, 5.74) is 7.38. The van der Waals surface area contributed by atoms with Gasteiger partial charge in [0.2, 0.25) is 5.13 Å². The molecular formula is C9H14N6OS. The van der Waals surface area contributed by atoms with Crippen molar-refractivity contribution in [3.8, 4) is 5.13 Å². The Bertz CT molecular complexity index is 493. The Morgan fingerprint density at radius 1 is 1.35 bits per heavy atom. The van der Waals surface area contributed by atoms with Crippen molar-refractivity contribution in [1.82, 2.24) is 25.2 Å². The van der Waals surface area contributed by atoms with E-state index in [2.05, 4.69) is 20.5 Å². The maximum atomic E-state index is 5.60. The minimum absolute atomic E-state index is 0.382. The van der Waals surface area contributed by atoms with Gasteiger partial charge >= 0.3 is 0 Å². The second-order valence-corrected chi connectivity index (χ2v) is 4.40. The van der Waals surface area contributed by atoms with Gasteiger partial charge in [-0.2, -0.15) is 4.68 Å². The molecule has 0 aliphatic rings. The van der Waals surface area contributed by atoms with Gasteiger partial charge in [-0.25, -0.2) is 0 Å². The smallest absolute Gasteiger partial charge is 0.234 e. The molecule has 2 rings (SSSR count). The van der Waals surface area contributed by atoms with Crippen LogP contribution in [0.15, 0.2) is 0 Å². The first-order valence-electron chi connectivity index (χ1n) is 5.25. The second kappa shape index (κ2) is 5.30. The van der Waals surface area contributed by atoms with Crippen LogP contribution < -0.4 is 5.73 Å². The molecule has 2 heterocycles. The SMILES string of the molecule is CCc1c(CN)nnn1-c1nnc(COC)s1. The molecule has 7 nitrogen and oxygen atoms in total. The quantitative estimate of drug-likeness (QED) is 0.824. The molecule has 0 fully saturated rings. The van der Waals surface area contributed by atoms with Crippen molar-refractivity contribution in [3.63, 3.8) is 0 Å². The first-order chi connectivity index (χ1) is 8.30. The highest BCUT2D eigenvalue weighted by Crippen LogP contribution is 2.18. The van der Waals surface area contributed by atoms with Crippen LogP contribution in [0.2, 0.25) is 0 Å². The minimum atomic E-state index is 0.382. The summed E-state index contributed by atoms with van der Waals surface area (Å²) in [7, 11) is 1.63. The lowest BCUT2D eigenvalue weighted by atomic mass is 10.2. The van der Waals surface area contributed by atoms with E-state index in [4.69, 9.17) is 10.5 Å².